The molecule has 0 spiro atoms. The van der Waals surface area contributed by atoms with E-state index in [0.717, 1.165) is 32.0 Å². The van der Waals surface area contributed by atoms with Crippen LogP contribution in [0.25, 0.3) is 0 Å². The van der Waals surface area contributed by atoms with Gasteiger partial charge in [-0.2, -0.15) is 0 Å². The molecule has 0 saturated heterocycles. The Bertz CT molecular complexity index is 710. The van der Waals surface area contributed by atoms with E-state index in [1.807, 2.05) is 0 Å². The van der Waals surface area contributed by atoms with Gasteiger partial charge in [0.05, 0.1) is 5.92 Å². The number of hydrogen-bond acceptors (Lipinski definition) is 2. The number of nitrogens with one attached hydrogen (secondary N) is 1. The molecule has 3 nitrogen and oxygen atoms in total. The summed E-state index contributed by atoms with van der Waals surface area (Å²) < 4.78 is 0. The number of fused-ring (bicyclic) bond motifs is 3. The molecule has 1 fully saturated rings. The summed E-state index contributed by atoms with van der Waals surface area (Å²) >= 11 is 0. The van der Waals surface area contributed by atoms with E-state index in [0.29, 0.717) is 18.4 Å². The third-order valence-corrected chi connectivity index (χ3v) is 6.92. The molecule has 1 amide bonds. The SMILES string of the molecule is CC[C@@]12C[C@@](C)(C=O)CC[C@H]1c1cccc(C)c1[C@@H]2C(=O)NCC(C)C. The third-order valence-electron chi connectivity index (χ3n) is 6.92. The predicted octanol–water partition coefficient (Wildman–Crippen LogP) is 4.73. The zero-order valence-corrected chi connectivity index (χ0v) is 16.9. The van der Waals surface area contributed by atoms with Crippen molar-refractivity contribution in [1.29, 1.82) is 0 Å². The molecule has 0 radical (unpaired) electrons. The Morgan fingerprint density at radius 2 is 2.12 bits per heavy atom. The van der Waals surface area contributed by atoms with Crippen LogP contribution < -0.4 is 5.32 Å². The minimum atomic E-state index is -0.320. The number of carbonyl (C=O) groups excluding carboxylic acids is 2. The fraction of sp³-hybridized carbons (Fsp3) is 0.652. The average Bonchev–Trinajstić information content (AvgIpc) is 2.90. The zero-order valence-electron chi connectivity index (χ0n) is 16.9. The number of amides is 1. The largest absolute Gasteiger partial charge is 0.355 e. The smallest absolute Gasteiger partial charge is 0.228 e. The summed E-state index contributed by atoms with van der Waals surface area (Å²) in [6.07, 6.45) is 4.78. The molecular formula is C23H33NO2. The maximum Gasteiger partial charge on any atom is 0.228 e. The summed E-state index contributed by atoms with van der Waals surface area (Å²) in [5.41, 5.74) is 3.32. The minimum absolute atomic E-state index is 0.146. The van der Waals surface area contributed by atoms with Crippen molar-refractivity contribution >= 4 is 12.2 Å². The first kappa shape index (κ1) is 19.1. The Hall–Kier alpha value is -1.64. The van der Waals surface area contributed by atoms with E-state index < -0.39 is 0 Å². The van der Waals surface area contributed by atoms with E-state index in [-0.39, 0.29) is 22.7 Å². The van der Waals surface area contributed by atoms with Crippen molar-refractivity contribution in [3.05, 3.63) is 34.9 Å². The fourth-order valence-corrected chi connectivity index (χ4v) is 5.66. The normalized spacial score (nSPS) is 32.8. The Morgan fingerprint density at radius 1 is 1.38 bits per heavy atom. The third kappa shape index (κ3) is 2.90. The Balaban J connectivity index is 2.11. The van der Waals surface area contributed by atoms with Crippen molar-refractivity contribution in [1.82, 2.24) is 5.32 Å². The highest BCUT2D eigenvalue weighted by atomic mass is 16.2. The molecule has 0 bridgehead atoms. The van der Waals surface area contributed by atoms with Gasteiger partial charge in [0.1, 0.15) is 6.29 Å². The summed E-state index contributed by atoms with van der Waals surface area (Å²) in [6.45, 7) is 11.3. The molecule has 142 valence electrons. The molecule has 1 N–H and O–H groups in total. The fourth-order valence-electron chi connectivity index (χ4n) is 5.66. The summed E-state index contributed by atoms with van der Waals surface area (Å²) in [6, 6.07) is 6.47. The van der Waals surface area contributed by atoms with Gasteiger partial charge in [0.25, 0.3) is 0 Å². The van der Waals surface area contributed by atoms with Crippen LogP contribution in [-0.2, 0) is 9.59 Å². The van der Waals surface area contributed by atoms with Gasteiger partial charge in [-0.15, -0.1) is 0 Å². The molecule has 2 aliphatic rings. The molecule has 0 unspecified atom stereocenters. The van der Waals surface area contributed by atoms with Crippen LogP contribution in [0.1, 0.15) is 81.9 Å². The minimum Gasteiger partial charge on any atom is -0.355 e. The Labute approximate surface area is 157 Å². The average molecular weight is 356 g/mol. The molecule has 4 atom stereocenters. The highest BCUT2D eigenvalue weighted by Crippen LogP contribution is 2.66. The Kier molecular flexibility index (Phi) is 5.02. The van der Waals surface area contributed by atoms with Crippen LogP contribution in [0.3, 0.4) is 0 Å². The summed E-state index contributed by atoms with van der Waals surface area (Å²) in [5, 5.41) is 3.20. The summed E-state index contributed by atoms with van der Waals surface area (Å²) in [4.78, 5) is 25.2. The van der Waals surface area contributed by atoms with E-state index in [4.69, 9.17) is 0 Å². The summed E-state index contributed by atoms with van der Waals surface area (Å²) in [7, 11) is 0. The molecule has 0 heterocycles. The second-order valence-electron chi connectivity index (χ2n) is 9.28. The van der Waals surface area contributed by atoms with Gasteiger partial charge in [0.15, 0.2) is 0 Å². The molecule has 3 rings (SSSR count). The molecule has 1 aromatic rings. The van der Waals surface area contributed by atoms with Crippen LogP contribution in [0.4, 0.5) is 0 Å². The lowest BCUT2D eigenvalue weighted by atomic mass is 9.54. The maximum absolute atomic E-state index is 13.4. The van der Waals surface area contributed by atoms with Crippen molar-refractivity contribution in [2.45, 2.75) is 72.1 Å². The van der Waals surface area contributed by atoms with E-state index in [9.17, 15) is 9.59 Å². The van der Waals surface area contributed by atoms with Gasteiger partial charge in [-0.3, -0.25) is 4.79 Å². The van der Waals surface area contributed by atoms with Gasteiger partial charge in [-0.25, -0.2) is 0 Å². The van der Waals surface area contributed by atoms with Crippen LogP contribution in [0.2, 0.25) is 0 Å². The zero-order chi connectivity index (χ0) is 19.1. The van der Waals surface area contributed by atoms with Crippen molar-refractivity contribution < 1.29 is 9.59 Å². The molecule has 0 aliphatic heterocycles. The van der Waals surface area contributed by atoms with Gasteiger partial charge in [0.2, 0.25) is 5.91 Å². The van der Waals surface area contributed by atoms with Crippen molar-refractivity contribution in [3.63, 3.8) is 0 Å². The van der Waals surface area contributed by atoms with Gasteiger partial charge >= 0.3 is 0 Å². The van der Waals surface area contributed by atoms with E-state index in [1.54, 1.807) is 0 Å². The van der Waals surface area contributed by atoms with Gasteiger partial charge in [0, 0.05) is 12.0 Å². The first-order valence-corrected chi connectivity index (χ1v) is 10.1. The van der Waals surface area contributed by atoms with Crippen LogP contribution in [0.5, 0.6) is 0 Å². The Morgan fingerprint density at radius 3 is 2.73 bits per heavy atom. The topological polar surface area (TPSA) is 46.2 Å². The number of benzene rings is 1. The van der Waals surface area contributed by atoms with E-state index >= 15 is 0 Å². The number of aryl methyl sites for hydroxylation is 1. The second-order valence-corrected chi connectivity index (χ2v) is 9.28. The monoisotopic (exact) mass is 355 g/mol. The molecule has 0 aromatic heterocycles. The lowest BCUT2D eigenvalue weighted by Crippen LogP contribution is -2.46. The highest BCUT2D eigenvalue weighted by molar-refractivity contribution is 5.87. The van der Waals surface area contributed by atoms with Gasteiger partial charge in [-0.1, -0.05) is 45.9 Å². The summed E-state index contributed by atoms with van der Waals surface area (Å²) in [5.74, 6) is 0.808. The molecule has 1 saturated carbocycles. The van der Waals surface area contributed by atoms with Crippen molar-refractivity contribution in [2.75, 3.05) is 6.54 Å². The number of carbonyl (C=O) groups is 2. The van der Waals surface area contributed by atoms with Crippen LogP contribution in [-0.4, -0.2) is 18.7 Å². The maximum atomic E-state index is 13.4. The second kappa shape index (κ2) is 6.83. The first-order chi connectivity index (χ1) is 12.3. The van der Waals surface area contributed by atoms with E-state index in [2.05, 4.69) is 58.1 Å². The molecule has 3 heteroatoms. The lowest BCUT2D eigenvalue weighted by Gasteiger charge is -2.48. The molecule has 26 heavy (non-hydrogen) atoms. The van der Waals surface area contributed by atoms with E-state index in [1.165, 1.54) is 16.7 Å². The van der Waals surface area contributed by atoms with Crippen LogP contribution >= 0.6 is 0 Å². The molecule has 2 aliphatic carbocycles. The van der Waals surface area contributed by atoms with Crippen molar-refractivity contribution in [3.8, 4) is 0 Å². The highest BCUT2D eigenvalue weighted by Gasteiger charge is 2.59. The van der Waals surface area contributed by atoms with Crippen molar-refractivity contribution in [2.24, 2.45) is 16.7 Å². The molecule has 1 aromatic carbocycles. The lowest BCUT2D eigenvalue weighted by molar-refractivity contribution is -0.130. The standard InChI is InChI=1S/C23H33NO2/c1-6-23-13-22(5,14-25)11-10-18(23)17-9-7-8-16(4)19(17)20(23)21(26)24-12-15(2)3/h7-9,14-15,18,20H,6,10-13H2,1-5H3,(H,24,26)/t18-,20+,22-,23+/m0/s1. The predicted molar refractivity (Wildman–Crippen MR) is 105 cm³/mol. The number of rotatable bonds is 5. The number of aldehydes is 1. The first-order valence-electron chi connectivity index (χ1n) is 10.1. The van der Waals surface area contributed by atoms with Crippen LogP contribution in [0, 0.1) is 23.7 Å². The molecular weight excluding hydrogens is 322 g/mol. The van der Waals surface area contributed by atoms with Gasteiger partial charge in [-0.05, 0) is 66.5 Å². The van der Waals surface area contributed by atoms with Gasteiger partial charge < -0.3 is 10.1 Å². The van der Waals surface area contributed by atoms with Crippen LogP contribution in [0.15, 0.2) is 18.2 Å². The quantitative estimate of drug-likeness (QED) is 0.776. The number of hydrogen-bond donors (Lipinski definition) is 1.